The molecule has 2 aromatic carbocycles. The number of phenols is 1. The summed E-state index contributed by atoms with van der Waals surface area (Å²) in [7, 11) is 2.17. The van der Waals surface area contributed by atoms with Crippen LogP contribution >= 0.6 is 0 Å². The van der Waals surface area contributed by atoms with Gasteiger partial charge in [0.05, 0.1) is 0 Å². The van der Waals surface area contributed by atoms with Gasteiger partial charge in [-0.3, -0.25) is 0 Å². The first-order valence-electron chi connectivity index (χ1n) is 10.6. The van der Waals surface area contributed by atoms with E-state index in [1.165, 1.54) is 24.8 Å². The standard InChI is InChI=1S/C24H28N4O/c1-15-5-9-20(22(29)12-15)23-21-13-17(16-6-7-16)8-10-19(21)24(27-26-23)25-18-4-3-11-28(2)14-18/h5,8-10,12-13,16,18,29H,3-4,6-7,11,14H2,1-2H3,(H,25,27)/t18-/m1/s1. The lowest BCUT2D eigenvalue weighted by atomic mass is 9.99. The number of nitrogens with one attached hydrogen (secondary N) is 1. The lowest BCUT2D eigenvalue weighted by Gasteiger charge is -2.30. The number of hydrogen-bond donors (Lipinski definition) is 2. The molecule has 1 aromatic heterocycles. The molecule has 0 amide bonds. The van der Waals surface area contributed by atoms with Gasteiger partial charge in [-0.1, -0.05) is 18.2 Å². The minimum atomic E-state index is 0.257. The number of piperidine rings is 1. The van der Waals surface area contributed by atoms with Gasteiger partial charge in [0.2, 0.25) is 0 Å². The third-order valence-corrected chi connectivity index (χ3v) is 6.23. The Morgan fingerprint density at radius 1 is 1.03 bits per heavy atom. The molecule has 2 heterocycles. The Bertz CT molecular complexity index is 1060. The molecule has 0 bridgehead atoms. The molecule has 0 unspecified atom stereocenters. The fraction of sp³-hybridized carbons (Fsp3) is 0.417. The highest BCUT2D eigenvalue weighted by molar-refractivity contribution is 6.01. The molecule has 1 atom stereocenters. The van der Waals surface area contributed by atoms with Crippen molar-refractivity contribution in [2.45, 2.75) is 44.6 Å². The monoisotopic (exact) mass is 388 g/mol. The van der Waals surface area contributed by atoms with E-state index in [0.717, 1.165) is 52.9 Å². The molecule has 29 heavy (non-hydrogen) atoms. The van der Waals surface area contributed by atoms with Gasteiger partial charge in [0, 0.05) is 28.9 Å². The van der Waals surface area contributed by atoms with Crippen molar-refractivity contribution in [3.8, 4) is 17.0 Å². The summed E-state index contributed by atoms with van der Waals surface area (Å²) in [5.74, 6) is 1.76. The highest BCUT2D eigenvalue weighted by Crippen LogP contribution is 2.43. The Hall–Kier alpha value is -2.66. The van der Waals surface area contributed by atoms with Crippen LogP contribution in [0.15, 0.2) is 36.4 Å². The SMILES string of the molecule is Cc1ccc(-c2nnc(N[C@@H]3CCCN(C)C3)c3ccc(C4CC4)cc23)c(O)c1. The maximum Gasteiger partial charge on any atom is 0.156 e. The summed E-state index contributed by atoms with van der Waals surface area (Å²) in [6, 6.07) is 12.8. The maximum absolute atomic E-state index is 10.6. The number of aromatic nitrogens is 2. The molecule has 1 saturated heterocycles. The number of fused-ring (bicyclic) bond motifs is 1. The van der Waals surface area contributed by atoms with Crippen LogP contribution < -0.4 is 5.32 Å². The van der Waals surface area contributed by atoms with E-state index in [1.807, 2.05) is 19.1 Å². The van der Waals surface area contributed by atoms with Gasteiger partial charge < -0.3 is 15.3 Å². The van der Waals surface area contributed by atoms with Crippen molar-refractivity contribution in [3.63, 3.8) is 0 Å². The zero-order valence-corrected chi connectivity index (χ0v) is 17.2. The molecule has 5 heteroatoms. The Labute approximate surface area is 171 Å². The summed E-state index contributed by atoms with van der Waals surface area (Å²) in [5.41, 5.74) is 3.89. The van der Waals surface area contributed by atoms with Gasteiger partial charge in [-0.2, -0.15) is 0 Å². The Kier molecular flexibility index (Phi) is 4.63. The molecule has 3 aromatic rings. The van der Waals surface area contributed by atoms with Crippen LogP contribution in [-0.4, -0.2) is 46.4 Å². The number of aryl methyl sites for hydroxylation is 1. The van der Waals surface area contributed by atoms with E-state index < -0.39 is 0 Å². The van der Waals surface area contributed by atoms with Crippen LogP contribution in [-0.2, 0) is 0 Å². The van der Waals surface area contributed by atoms with Crippen LogP contribution in [0.25, 0.3) is 22.0 Å². The summed E-state index contributed by atoms with van der Waals surface area (Å²) >= 11 is 0. The van der Waals surface area contributed by atoms with Crippen LogP contribution in [0.3, 0.4) is 0 Å². The molecule has 1 saturated carbocycles. The molecule has 0 spiro atoms. The molecule has 2 aliphatic rings. The van der Waals surface area contributed by atoms with Gasteiger partial charge >= 0.3 is 0 Å². The molecule has 1 aliphatic carbocycles. The van der Waals surface area contributed by atoms with Gasteiger partial charge in [-0.05, 0) is 81.4 Å². The quantitative estimate of drug-likeness (QED) is 0.679. The Morgan fingerprint density at radius 3 is 2.66 bits per heavy atom. The van der Waals surface area contributed by atoms with Gasteiger partial charge in [0.1, 0.15) is 11.4 Å². The smallest absolute Gasteiger partial charge is 0.156 e. The zero-order valence-electron chi connectivity index (χ0n) is 17.2. The molecular formula is C24H28N4O. The van der Waals surface area contributed by atoms with Crippen LogP contribution in [0.1, 0.15) is 42.7 Å². The highest BCUT2D eigenvalue weighted by Gasteiger charge is 2.25. The molecular weight excluding hydrogens is 360 g/mol. The number of rotatable bonds is 4. The van der Waals surface area contributed by atoms with E-state index in [-0.39, 0.29) is 5.75 Å². The minimum absolute atomic E-state index is 0.257. The fourth-order valence-electron chi connectivity index (χ4n) is 4.47. The average Bonchev–Trinajstić information content (AvgIpc) is 3.54. The molecule has 1 aliphatic heterocycles. The number of likely N-dealkylation sites (N-methyl/N-ethyl adjacent to an activating group) is 1. The maximum atomic E-state index is 10.6. The predicted octanol–water partition coefficient (Wildman–Crippen LogP) is 4.69. The van der Waals surface area contributed by atoms with Crippen molar-refractivity contribution in [3.05, 3.63) is 47.5 Å². The first kappa shape index (κ1) is 18.4. The van der Waals surface area contributed by atoms with Gasteiger partial charge in [-0.15, -0.1) is 10.2 Å². The Morgan fingerprint density at radius 2 is 1.90 bits per heavy atom. The predicted molar refractivity (Wildman–Crippen MR) is 117 cm³/mol. The molecule has 0 radical (unpaired) electrons. The molecule has 5 nitrogen and oxygen atoms in total. The first-order chi connectivity index (χ1) is 14.1. The van der Waals surface area contributed by atoms with Crippen LogP contribution in [0.5, 0.6) is 5.75 Å². The number of anilines is 1. The molecule has 5 rings (SSSR count). The average molecular weight is 389 g/mol. The van der Waals surface area contributed by atoms with Crippen molar-refractivity contribution in [2.24, 2.45) is 0 Å². The van der Waals surface area contributed by atoms with Crippen LogP contribution in [0.2, 0.25) is 0 Å². The second kappa shape index (κ2) is 7.30. The van der Waals surface area contributed by atoms with E-state index in [1.54, 1.807) is 6.07 Å². The molecule has 150 valence electrons. The van der Waals surface area contributed by atoms with E-state index >= 15 is 0 Å². The van der Waals surface area contributed by atoms with Crippen molar-refractivity contribution >= 4 is 16.6 Å². The minimum Gasteiger partial charge on any atom is -0.507 e. The molecule has 2 fully saturated rings. The third-order valence-electron chi connectivity index (χ3n) is 6.23. The summed E-state index contributed by atoms with van der Waals surface area (Å²) in [6.45, 7) is 4.15. The number of likely N-dealkylation sites (tertiary alicyclic amines) is 1. The number of benzene rings is 2. The van der Waals surface area contributed by atoms with E-state index in [0.29, 0.717) is 12.0 Å². The van der Waals surface area contributed by atoms with Crippen molar-refractivity contribution in [1.29, 1.82) is 0 Å². The van der Waals surface area contributed by atoms with Crippen molar-refractivity contribution in [1.82, 2.24) is 15.1 Å². The summed E-state index contributed by atoms with van der Waals surface area (Å²) in [4.78, 5) is 2.36. The second-order valence-corrected chi connectivity index (χ2v) is 8.74. The van der Waals surface area contributed by atoms with E-state index in [9.17, 15) is 5.11 Å². The number of aromatic hydroxyl groups is 1. The number of phenolic OH excluding ortho intramolecular Hbond substituents is 1. The lowest BCUT2D eigenvalue weighted by Crippen LogP contribution is -2.40. The number of nitrogens with zero attached hydrogens (tertiary/aromatic N) is 3. The first-order valence-corrected chi connectivity index (χ1v) is 10.6. The molecule has 2 N–H and O–H groups in total. The van der Waals surface area contributed by atoms with Crippen LogP contribution in [0, 0.1) is 6.92 Å². The zero-order chi connectivity index (χ0) is 20.0. The number of hydrogen-bond acceptors (Lipinski definition) is 5. The van der Waals surface area contributed by atoms with E-state index in [4.69, 9.17) is 0 Å². The summed E-state index contributed by atoms with van der Waals surface area (Å²) in [5, 5.41) is 25.5. The van der Waals surface area contributed by atoms with Gasteiger partial charge in [0.25, 0.3) is 0 Å². The highest BCUT2D eigenvalue weighted by atomic mass is 16.3. The lowest BCUT2D eigenvalue weighted by molar-refractivity contribution is 0.261. The normalized spacial score (nSPS) is 20.1. The fourth-order valence-corrected chi connectivity index (χ4v) is 4.47. The van der Waals surface area contributed by atoms with E-state index in [2.05, 4.69) is 45.7 Å². The van der Waals surface area contributed by atoms with Gasteiger partial charge in [-0.25, -0.2) is 0 Å². The Balaban J connectivity index is 1.61. The largest absolute Gasteiger partial charge is 0.507 e. The van der Waals surface area contributed by atoms with Crippen molar-refractivity contribution in [2.75, 3.05) is 25.5 Å². The third kappa shape index (κ3) is 3.67. The van der Waals surface area contributed by atoms with Crippen LogP contribution in [0.4, 0.5) is 5.82 Å². The topological polar surface area (TPSA) is 61.3 Å². The summed E-state index contributed by atoms with van der Waals surface area (Å²) < 4.78 is 0. The van der Waals surface area contributed by atoms with Crippen molar-refractivity contribution < 1.29 is 5.11 Å². The second-order valence-electron chi connectivity index (χ2n) is 8.74. The van der Waals surface area contributed by atoms with Gasteiger partial charge in [0.15, 0.2) is 5.82 Å². The summed E-state index contributed by atoms with van der Waals surface area (Å²) in [6.07, 6.45) is 4.86.